The van der Waals surface area contributed by atoms with Crippen LogP contribution in [0.15, 0.2) is 6.07 Å². The number of nitrogens with zero attached hydrogens (tertiary/aromatic N) is 2. The summed E-state index contributed by atoms with van der Waals surface area (Å²) in [4.78, 5) is 17.9. The number of carbonyl (C=O) groups excluding carboxylic acids is 1. The first-order chi connectivity index (χ1) is 11.8. The minimum atomic E-state index is 0.0572. The van der Waals surface area contributed by atoms with E-state index in [0.29, 0.717) is 6.54 Å². The molecule has 2 aliphatic heterocycles. The smallest absolute Gasteiger partial charge is 0.317 e. The van der Waals surface area contributed by atoms with Crippen molar-refractivity contribution in [2.45, 2.75) is 45.6 Å². The van der Waals surface area contributed by atoms with Gasteiger partial charge in [0.15, 0.2) is 5.06 Å². The van der Waals surface area contributed by atoms with Gasteiger partial charge in [0, 0.05) is 31.1 Å². The molecular weight excluding hydrogens is 322 g/mol. The van der Waals surface area contributed by atoms with Crippen LogP contribution in [0, 0.1) is 0 Å². The Hall–Kier alpha value is -1.27. The summed E-state index contributed by atoms with van der Waals surface area (Å²) >= 11 is 1.76. The van der Waals surface area contributed by atoms with Gasteiger partial charge in [0.2, 0.25) is 0 Å². The predicted octanol–water partition coefficient (Wildman–Crippen LogP) is 3.09. The number of rotatable bonds is 7. The number of carbonyl (C=O) groups is 1. The molecule has 2 amide bonds. The predicted molar refractivity (Wildman–Crippen MR) is 97.9 cm³/mol. The summed E-state index contributed by atoms with van der Waals surface area (Å²) < 4.78 is 5.95. The zero-order valence-electron chi connectivity index (χ0n) is 14.7. The Morgan fingerprint density at radius 1 is 1.33 bits per heavy atom. The molecule has 0 saturated carbocycles. The molecule has 1 fully saturated rings. The maximum Gasteiger partial charge on any atom is 0.317 e. The van der Waals surface area contributed by atoms with Crippen molar-refractivity contribution in [1.29, 1.82) is 0 Å². The second kappa shape index (κ2) is 8.72. The largest absolute Gasteiger partial charge is 0.484 e. The van der Waals surface area contributed by atoms with E-state index in [9.17, 15) is 4.79 Å². The highest BCUT2D eigenvalue weighted by atomic mass is 32.1. The Labute approximate surface area is 149 Å². The standard InChI is InChI=1S/C18H29N3O2S/c1-2-7-19-18(22)21-11-6-16-15(14-21)13-17(24-16)23-12-5-10-20-8-3-4-9-20/h13H,2-12,14H2,1H3,(H,19,22). The van der Waals surface area contributed by atoms with Gasteiger partial charge in [-0.15, -0.1) is 11.3 Å². The molecule has 0 aromatic carbocycles. The van der Waals surface area contributed by atoms with E-state index in [0.717, 1.165) is 50.6 Å². The first-order valence-corrected chi connectivity index (χ1v) is 10.1. The SMILES string of the molecule is CCCNC(=O)N1CCc2sc(OCCCN3CCCC3)cc2C1. The Bertz CT molecular complexity index is 540. The molecule has 3 rings (SSSR count). The fourth-order valence-electron chi connectivity index (χ4n) is 3.36. The van der Waals surface area contributed by atoms with E-state index in [4.69, 9.17) is 4.74 Å². The number of fused-ring (bicyclic) bond motifs is 1. The van der Waals surface area contributed by atoms with Crippen LogP contribution in [-0.2, 0) is 13.0 Å². The number of hydrogen-bond acceptors (Lipinski definition) is 4. The second-order valence-corrected chi connectivity index (χ2v) is 7.77. The summed E-state index contributed by atoms with van der Waals surface area (Å²) in [5, 5.41) is 3.97. The Morgan fingerprint density at radius 2 is 2.17 bits per heavy atom. The highest BCUT2D eigenvalue weighted by Crippen LogP contribution is 2.33. The van der Waals surface area contributed by atoms with Gasteiger partial charge < -0.3 is 19.9 Å². The number of hydrogen-bond donors (Lipinski definition) is 1. The van der Waals surface area contributed by atoms with E-state index in [2.05, 4.69) is 23.2 Å². The van der Waals surface area contributed by atoms with Gasteiger partial charge in [-0.3, -0.25) is 0 Å². The zero-order chi connectivity index (χ0) is 16.8. The lowest BCUT2D eigenvalue weighted by Gasteiger charge is -2.26. The summed E-state index contributed by atoms with van der Waals surface area (Å²) in [5.41, 5.74) is 1.26. The van der Waals surface area contributed by atoms with E-state index >= 15 is 0 Å². The Morgan fingerprint density at radius 3 is 2.96 bits per heavy atom. The fraction of sp³-hybridized carbons (Fsp3) is 0.722. The van der Waals surface area contributed by atoms with Gasteiger partial charge in [0.05, 0.1) is 6.61 Å². The van der Waals surface area contributed by atoms with E-state index in [1.807, 2.05) is 4.90 Å². The molecule has 134 valence electrons. The molecule has 1 N–H and O–H groups in total. The van der Waals surface area contributed by atoms with Crippen molar-refractivity contribution in [3.05, 3.63) is 16.5 Å². The van der Waals surface area contributed by atoms with Crippen molar-refractivity contribution >= 4 is 17.4 Å². The molecule has 0 unspecified atom stereocenters. The van der Waals surface area contributed by atoms with Gasteiger partial charge in [0.1, 0.15) is 0 Å². The van der Waals surface area contributed by atoms with Crippen molar-refractivity contribution in [3.8, 4) is 5.06 Å². The molecule has 3 heterocycles. The van der Waals surface area contributed by atoms with Crippen molar-refractivity contribution in [3.63, 3.8) is 0 Å². The monoisotopic (exact) mass is 351 g/mol. The van der Waals surface area contributed by atoms with Crippen LogP contribution in [0.1, 0.15) is 43.0 Å². The van der Waals surface area contributed by atoms with Crippen LogP contribution in [0.4, 0.5) is 4.79 Å². The number of nitrogens with one attached hydrogen (secondary N) is 1. The Kier molecular flexibility index (Phi) is 6.37. The summed E-state index contributed by atoms with van der Waals surface area (Å²) in [6.45, 7) is 8.77. The Balaban J connectivity index is 1.43. The van der Waals surface area contributed by atoms with Gasteiger partial charge in [-0.2, -0.15) is 0 Å². The summed E-state index contributed by atoms with van der Waals surface area (Å²) in [6.07, 6.45) is 5.70. The van der Waals surface area contributed by atoms with Gasteiger partial charge in [0.25, 0.3) is 0 Å². The van der Waals surface area contributed by atoms with E-state index in [-0.39, 0.29) is 6.03 Å². The molecule has 0 atom stereocenters. The van der Waals surface area contributed by atoms with Crippen LogP contribution in [0.2, 0.25) is 0 Å². The molecule has 2 aliphatic rings. The first-order valence-electron chi connectivity index (χ1n) is 9.26. The summed E-state index contributed by atoms with van der Waals surface area (Å²) in [5.74, 6) is 0. The maximum absolute atomic E-state index is 12.1. The summed E-state index contributed by atoms with van der Waals surface area (Å²) in [7, 11) is 0. The number of urea groups is 1. The first kappa shape index (κ1) is 17.5. The fourth-order valence-corrected chi connectivity index (χ4v) is 4.40. The van der Waals surface area contributed by atoms with Crippen molar-refractivity contribution in [2.75, 3.05) is 39.3 Å². The molecule has 0 aliphatic carbocycles. The molecule has 5 nitrogen and oxygen atoms in total. The van der Waals surface area contributed by atoms with Gasteiger partial charge >= 0.3 is 6.03 Å². The third-order valence-electron chi connectivity index (χ3n) is 4.72. The van der Waals surface area contributed by atoms with Crippen LogP contribution < -0.4 is 10.1 Å². The molecule has 6 heteroatoms. The summed E-state index contributed by atoms with van der Waals surface area (Å²) in [6, 6.07) is 2.19. The maximum atomic E-state index is 12.1. The molecule has 1 aromatic rings. The normalized spacial score (nSPS) is 17.8. The molecule has 0 radical (unpaired) electrons. The molecule has 24 heavy (non-hydrogen) atoms. The lowest BCUT2D eigenvalue weighted by molar-refractivity contribution is 0.193. The lowest BCUT2D eigenvalue weighted by atomic mass is 10.1. The van der Waals surface area contributed by atoms with E-state index in [1.165, 1.54) is 36.4 Å². The van der Waals surface area contributed by atoms with Crippen LogP contribution in [0.3, 0.4) is 0 Å². The lowest BCUT2D eigenvalue weighted by Crippen LogP contribution is -2.42. The van der Waals surface area contributed by atoms with Crippen LogP contribution in [0.25, 0.3) is 0 Å². The third-order valence-corrected chi connectivity index (χ3v) is 5.87. The van der Waals surface area contributed by atoms with Crippen molar-refractivity contribution < 1.29 is 9.53 Å². The third kappa shape index (κ3) is 4.63. The molecular formula is C18H29N3O2S. The number of thiophene rings is 1. The second-order valence-electron chi connectivity index (χ2n) is 6.67. The minimum Gasteiger partial charge on any atom is -0.484 e. The molecule has 1 aromatic heterocycles. The van der Waals surface area contributed by atoms with E-state index in [1.54, 1.807) is 11.3 Å². The quantitative estimate of drug-likeness (QED) is 0.768. The highest BCUT2D eigenvalue weighted by molar-refractivity contribution is 7.14. The van der Waals surface area contributed by atoms with Gasteiger partial charge in [-0.05, 0) is 56.8 Å². The number of likely N-dealkylation sites (tertiary alicyclic amines) is 1. The average Bonchev–Trinajstić information content (AvgIpc) is 3.24. The van der Waals surface area contributed by atoms with Gasteiger partial charge in [-0.25, -0.2) is 4.79 Å². The topological polar surface area (TPSA) is 44.8 Å². The molecule has 0 bridgehead atoms. The molecule has 1 saturated heterocycles. The number of ether oxygens (including phenoxy) is 1. The van der Waals surface area contributed by atoms with Crippen LogP contribution in [-0.4, -0.2) is 55.2 Å². The van der Waals surface area contributed by atoms with E-state index < -0.39 is 0 Å². The van der Waals surface area contributed by atoms with Crippen LogP contribution in [0.5, 0.6) is 5.06 Å². The van der Waals surface area contributed by atoms with Crippen molar-refractivity contribution in [2.24, 2.45) is 0 Å². The molecule has 0 spiro atoms. The van der Waals surface area contributed by atoms with Crippen LogP contribution >= 0.6 is 11.3 Å². The average molecular weight is 352 g/mol. The van der Waals surface area contributed by atoms with Crippen molar-refractivity contribution in [1.82, 2.24) is 15.1 Å². The zero-order valence-corrected chi connectivity index (χ0v) is 15.5. The van der Waals surface area contributed by atoms with Gasteiger partial charge in [-0.1, -0.05) is 6.92 Å². The number of amides is 2. The highest BCUT2D eigenvalue weighted by Gasteiger charge is 2.23. The minimum absolute atomic E-state index is 0.0572.